The first-order valence-corrected chi connectivity index (χ1v) is 10.6. The molecule has 0 radical (unpaired) electrons. The number of morpholine rings is 1. The summed E-state index contributed by atoms with van der Waals surface area (Å²) in [6.45, 7) is 6.08. The van der Waals surface area contributed by atoms with E-state index in [0.717, 1.165) is 18.8 Å². The predicted octanol–water partition coefficient (Wildman–Crippen LogP) is 4.17. The van der Waals surface area contributed by atoms with Gasteiger partial charge in [0, 0.05) is 29.5 Å². The fourth-order valence-corrected chi connectivity index (χ4v) is 3.41. The maximum absolute atomic E-state index is 12.4. The highest BCUT2D eigenvalue weighted by Crippen LogP contribution is 2.28. The SMILES string of the molecule is C[C@H](OC(=O)[C@@H](C)Oc1ccc(Cl)cc1Cl)C(=O)Nc1ccc(N2CCOCC2)cc1. The monoisotopic (exact) mass is 466 g/mol. The molecule has 1 fully saturated rings. The number of anilines is 2. The van der Waals surface area contributed by atoms with Crippen LogP contribution < -0.4 is 15.0 Å². The van der Waals surface area contributed by atoms with Gasteiger partial charge in [0.25, 0.3) is 5.91 Å². The summed E-state index contributed by atoms with van der Waals surface area (Å²) in [5.41, 5.74) is 1.68. The van der Waals surface area contributed by atoms with Crippen LogP contribution in [0.5, 0.6) is 5.75 Å². The van der Waals surface area contributed by atoms with Crippen molar-refractivity contribution in [1.29, 1.82) is 0 Å². The van der Waals surface area contributed by atoms with Gasteiger partial charge in [-0.05, 0) is 56.3 Å². The van der Waals surface area contributed by atoms with Crippen molar-refractivity contribution in [3.05, 3.63) is 52.5 Å². The maximum atomic E-state index is 12.4. The number of benzene rings is 2. The molecule has 0 aliphatic carbocycles. The standard InChI is InChI=1S/C22H24Cl2N2O5/c1-14(31-22(28)15(2)30-20-8-3-16(23)13-19(20)24)21(27)25-17-4-6-18(7-5-17)26-9-11-29-12-10-26/h3-8,13-15H,9-12H2,1-2H3,(H,25,27)/t14-,15+/m0/s1. The van der Waals surface area contributed by atoms with Gasteiger partial charge in [0.1, 0.15) is 5.75 Å². The van der Waals surface area contributed by atoms with Gasteiger partial charge in [-0.1, -0.05) is 23.2 Å². The highest BCUT2D eigenvalue weighted by Gasteiger charge is 2.24. The van der Waals surface area contributed by atoms with Crippen LogP contribution in [0.1, 0.15) is 13.8 Å². The number of hydrogen-bond donors (Lipinski definition) is 1. The van der Waals surface area contributed by atoms with Crippen molar-refractivity contribution in [1.82, 2.24) is 0 Å². The molecule has 1 heterocycles. The fraction of sp³-hybridized carbons (Fsp3) is 0.364. The van der Waals surface area contributed by atoms with E-state index in [1.165, 1.54) is 19.9 Å². The molecular formula is C22H24Cl2N2O5. The molecule has 1 aliphatic heterocycles. The van der Waals surface area contributed by atoms with Crippen LogP contribution in [-0.2, 0) is 19.1 Å². The zero-order valence-corrected chi connectivity index (χ0v) is 18.8. The quantitative estimate of drug-likeness (QED) is 0.617. The first-order chi connectivity index (χ1) is 14.8. The molecule has 3 rings (SSSR count). The van der Waals surface area contributed by atoms with E-state index < -0.39 is 24.1 Å². The number of esters is 1. The zero-order chi connectivity index (χ0) is 22.4. The van der Waals surface area contributed by atoms with Crippen LogP contribution in [-0.4, -0.2) is 50.4 Å². The molecule has 1 aliphatic rings. The third kappa shape index (κ3) is 6.50. The minimum atomic E-state index is -1.00. The zero-order valence-electron chi connectivity index (χ0n) is 17.3. The average Bonchev–Trinajstić information content (AvgIpc) is 2.76. The van der Waals surface area contributed by atoms with Gasteiger partial charge in [-0.3, -0.25) is 4.79 Å². The Morgan fingerprint density at radius 2 is 1.71 bits per heavy atom. The van der Waals surface area contributed by atoms with Crippen LogP contribution in [0.3, 0.4) is 0 Å². The highest BCUT2D eigenvalue weighted by molar-refractivity contribution is 6.35. The van der Waals surface area contributed by atoms with Crippen LogP contribution >= 0.6 is 23.2 Å². The van der Waals surface area contributed by atoms with Gasteiger partial charge in [-0.25, -0.2) is 4.79 Å². The van der Waals surface area contributed by atoms with E-state index in [1.807, 2.05) is 24.3 Å². The number of carbonyl (C=O) groups excluding carboxylic acids is 2. The molecule has 0 bridgehead atoms. The molecule has 166 valence electrons. The summed E-state index contributed by atoms with van der Waals surface area (Å²) in [6, 6.07) is 12.2. The fourth-order valence-electron chi connectivity index (χ4n) is 2.95. The summed E-state index contributed by atoms with van der Waals surface area (Å²) in [5, 5.41) is 3.48. The number of amides is 1. The van der Waals surface area contributed by atoms with Gasteiger partial charge in [0.15, 0.2) is 12.2 Å². The van der Waals surface area contributed by atoms with Crippen LogP contribution in [0.4, 0.5) is 11.4 Å². The number of hydrogen-bond acceptors (Lipinski definition) is 6. The lowest BCUT2D eigenvalue weighted by Gasteiger charge is -2.29. The van der Waals surface area contributed by atoms with Crippen molar-refractivity contribution in [2.45, 2.75) is 26.1 Å². The lowest BCUT2D eigenvalue weighted by Crippen LogP contribution is -2.36. The van der Waals surface area contributed by atoms with Crippen LogP contribution in [0.25, 0.3) is 0 Å². The van der Waals surface area contributed by atoms with E-state index >= 15 is 0 Å². The van der Waals surface area contributed by atoms with Crippen molar-refractivity contribution < 1.29 is 23.8 Å². The Morgan fingerprint density at radius 3 is 2.35 bits per heavy atom. The van der Waals surface area contributed by atoms with E-state index in [9.17, 15) is 9.59 Å². The second-order valence-electron chi connectivity index (χ2n) is 7.05. The Morgan fingerprint density at radius 1 is 1.03 bits per heavy atom. The van der Waals surface area contributed by atoms with E-state index in [4.69, 9.17) is 37.4 Å². The summed E-state index contributed by atoms with van der Waals surface area (Å²) in [6.07, 6.45) is -1.96. The van der Waals surface area contributed by atoms with Gasteiger partial charge >= 0.3 is 5.97 Å². The second kappa shape index (κ2) is 10.7. The van der Waals surface area contributed by atoms with Crippen LogP contribution in [0, 0.1) is 0 Å². The lowest BCUT2D eigenvalue weighted by molar-refractivity contribution is -0.159. The molecule has 0 spiro atoms. The smallest absolute Gasteiger partial charge is 0.347 e. The van der Waals surface area contributed by atoms with E-state index in [-0.39, 0.29) is 5.02 Å². The number of halogens is 2. The summed E-state index contributed by atoms with van der Waals surface area (Å²) in [5.74, 6) is -0.825. The van der Waals surface area contributed by atoms with E-state index in [0.29, 0.717) is 29.7 Å². The summed E-state index contributed by atoms with van der Waals surface area (Å²) in [7, 11) is 0. The Bertz CT molecular complexity index is 917. The normalized spacial score (nSPS) is 15.7. The number of nitrogens with zero attached hydrogens (tertiary/aromatic N) is 1. The second-order valence-corrected chi connectivity index (χ2v) is 7.89. The molecule has 31 heavy (non-hydrogen) atoms. The lowest BCUT2D eigenvalue weighted by atomic mass is 10.2. The average molecular weight is 467 g/mol. The van der Waals surface area contributed by atoms with Crippen molar-refractivity contribution in [2.24, 2.45) is 0 Å². The molecule has 1 N–H and O–H groups in total. The number of nitrogens with one attached hydrogen (secondary N) is 1. The van der Waals surface area contributed by atoms with E-state index in [2.05, 4.69) is 10.2 Å². The van der Waals surface area contributed by atoms with Crippen molar-refractivity contribution >= 4 is 46.5 Å². The summed E-state index contributed by atoms with van der Waals surface area (Å²) >= 11 is 11.9. The minimum Gasteiger partial charge on any atom is -0.477 e. The number of carbonyl (C=O) groups is 2. The molecule has 0 unspecified atom stereocenters. The molecule has 9 heteroatoms. The minimum absolute atomic E-state index is 0.276. The van der Waals surface area contributed by atoms with E-state index in [1.54, 1.807) is 12.1 Å². The molecule has 2 aromatic carbocycles. The Labute approximate surface area is 191 Å². The van der Waals surface area contributed by atoms with Crippen LogP contribution in [0.2, 0.25) is 10.0 Å². The predicted molar refractivity (Wildman–Crippen MR) is 120 cm³/mol. The third-order valence-corrected chi connectivity index (χ3v) is 5.23. The molecule has 0 aromatic heterocycles. The molecule has 0 saturated carbocycles. The molecule has 2 atom stereocenters. The summed E-state index contributed by atoms with van der Waals surface area (Å²) in [4.78, 5) is 26.9. The molecule has 1 saturated heterocycles. The summed E-state index contributed by atoms with van der Waals surface area (Å²) < 4.78 is 16.1. The van der Waals surface area contributed by atoms with Gasteiger partial charge < -0.3 is 24.4 Å². The Kier molecular flexibility index (Phi) is 8.01. The van der Waals surface area contributed by atoms with Gasteiger partial charge in [0.05, 0.1) is 18.2 Å². The number of ether oxygens (including phenoxy) is 3. The Hall–Kier alpha value is -2.48. The first kappa shape index (κ1) is 23.2. The Balaban J connectivity index is 1.50. The van der Waals surface area contributed by atoms with Crippen LogP contribution in [0.15, 0.2) is 42.5 Å². The van der Waals surface area contributed by atoms with Gasteiger partial charge in [0.2, 0.25) is 0 Å². The molecule has 7 nitrogen and oxygen atoms in total. The molecule has 2 aromatic rings. The van der Waals surface area contributed by atoms with Gasteiger partial charge in [-0.2, -0.15) is 0 Å². The van der Waals surface area contributed by atoms with Crippen molar-refractivity contribution in [3.8, 4) is 5.75 Å². The highest BCUT2D eigenvalue weighted by atomic mass is 35.5. The largest absolute Gasteiger partial charge is 0.477 e. The van der Waals surface area contributed by atoms with Gasteiger partial charge in [-0.15, -0.1) is 0 Å². The van der Waals surface area contributed by atoms with Crippen molar-refractivity contribution in [3.63, 3.8) is 0 Å². The first-order valence-electron chi connectivity index (χ1n) is 9.89. The number of rotatable bonds is 7. The van der Waals surface area contributed by atoms with Crippen molar-refractivity contribution in [2.75, 3.05) is 36.5 Å². The maximum Gasteiger partial charge on any atom is 0.347 e. The molecule has 1 amide bonds. The third-order valence-electron chi connectivity index (χ3n) is 4.70. The molecular weight excluding hydrogens is 443 g/mol. The topological polar surface area (TPSA) is 77.1 Å².